The molecular weight excluding hydrogens is 300 g/mol. The zero-order chi connectivity index (χ0) is 15.8. The zero-order valence-electron chi connectivity index (χ0n) is 12.4. The zero-order valence-corrected chi connectivity index (χ0v) is 13.2. The van der Waals surface area contributed by atoms with Crippen LogP contribution in [0.3, 0.4) is 0 Å². The number of carbonyl (C=O) groups excluding carboxylic acids is 1. The first-order valence-corrected chi connectivity index (χ1v) is 7.45. The number of hydrogen-bond donors (Lipinski definition) is 2. The summed E-state index contributed by atoms with van der Waals surface area (Å²) in [7, 11) is 1.65. The molecule has 116 valence electrons. The van der Waals surface area contributed by atoms with Crippen LogP contribution < -0.4 is 15.4 Å². The lowest BCUT2D eigenvalue weighted by atomic mass is 10.2. The van der Waals surface area contributed by atoms with Crippen LogP contribution in [0.5, 0.6) is 5.75 Å². The molecule has 2 rings (SSSR count). The molecule has 2 N–H and O–H groups in total. The van der Waals surface area contributed by atoms with Gasteiger partial charge in [0.15, 0.2) is 0 Å². The highest BCUT2D eigenvalue weighted by Crippen LogP contribution is 2.20. The van der Waals surface area contributed by atoms with Gasteiger partial charge in [-0.15, -0.1) is 0 Å². The maximum absolute atomic E-state index is 11.9. The fourth-order valence-electron chi connectivity index (χ4n) is 2.05. The van der Waals surface area contributed by atoms with Crippen LogP contribution in [0.25, 0.3) is 0 Å². The van der Waals surface area contributed by atoms with Crippen molar-refractivity contribution in [3.63, 3.8) is 0 Å². The molecule has 2 aromatic carbocycles. The van der Waals surface area contributed by atoms with Gasteiger partial charge in [0.25, 0.3) is 0 Å². The van der Waals surface area contributed by atoms with Crippen LogP contribution in [0.1, 0.15) is 12.0 Å². The molecule has 0 unspecified atom stereocenters. The van der Waals surface area contributed by atoms with Gasteiger partial charge in [0.05, 0.1) is 17.8 Å². The minimum absolute atomic E-state index is 0.0689. The summed E-state index contributed by atoms with van der Waals surface area (Å²) >= 11 is 6.00. The molecule has 0 fully saturated rings. The standard InChI is InChI=1S/C17H19ClN2O2/c1-22-16-9-5-2-6-13(16)12-19-11-10-17(21)20-15-8-4-3-7-14(15)18/h2-9,19H,10-12H2,1H3,(H,20,21). The van der Waals surface area contributed by atoms with Gasteiger partial charge in [-0.05, 0) is 18.2 Å². The van der Waals surface area contributed by atoms with Crippen LogP contribution in [0.2, 0.25) is 5.02 Å². The van der Waals surface area contributed by atoms with E-state index in [0.29, 0.717) is 30.2 Å². The van der Waals surface area contributed by atoms with Gasteiger partial charge in [0.1, 0.15) is 5.75 Å². The number of hydrogen-bond acceptors (Lipinski definition) is 3. The van der Waals surface area contributed by atoms with Gasteiger partial charge in [-0.25, -0.2) is 0 Å². The molecule has 0 aliphatic rings. The third-order valence-corrected chi connectivity index (χ3v) is 3.51. The molecule has 0 atom stereocenters. The van der Waals surface area contributed by atoms with Crippen LogP contribution >= 0.6 is 11.6 Å². The molecule has 0 radical (unpaired) electrons. The van der Waals surface area contributed by atoms with Gasteiger partial charge >= 0.3 is 0 Å². The number of nitrogens with one attached hydrogen (secondary N) is 2. The number of rotatable bonds is 7. The summed E-state index contributed by atoms with van der Waals surface area (Å²) in [6, 6.07) is 15.0. The van der Waals surface area contributed by atoms with Gasteiger partial charge in [-0.2, -0.15) is 0 Å². The maximum atomic E-state index is 11.9. The first-order valence-electron chi connectivity index (χ1n) is 7.07. The molecule has 4 nitrogen and oxygen atoms in total. The second-order valence-electron chi connectivity index (χ2n) is 4.77. The molecule has 0 spiro atoms. The first-order chi connectivity index (χ1) is 10.7. The van der Waals surface area contributed by atoms with E-state index in [1.165, 1.54) is 0 Å². The third-order valence-electron chi connectivity index (χ3n) is 3.18. The molecule has 0 aliphatic carbocycles. The van der Waals surface area contributed by atoms with Crippen molar-refractivity contribution in [2.75, 3.05) is 19.0 Å². The van der Waals surface area contributed by atoms with Crippen molar-refractivity contribution in [3.8, 4) is 5.75 Å². The molecule has 22 heavy (non-hydrogen) atoms. The Hall–Kier alpha value is -2.04. The van der Waals surface area contributed by atoms with Crippen molar-refractivity contribution < 1.29 is 9.53 Å². The predicted octanol–water partition coefficient (Wildman–Crippen LogP) is 3.47. The third kappa shape index (κ3) is 4.76. The van der Waals surface area contributed by atoms with E-state index < -0.39 is 0 Å². The van der Waals surface area contributed by atoms with Crippen molar-refractivity contribution >= 4 is 23.2 Å². The molecule has 0 heterocycles. The van der Waals surface area contributed by atoms with Gasteiger partial charge in [0, 0.05) is 25.1 Å². The summed E-state index contributed by atoms with van der Waals surface area (Å²) in [5.74, 6) is 0.774. The van der Waals surface area contributed by atoms with Crippen LogP contribution in [-0.2, 0) is 11.3 Å². The SMILES string of the molecule is COc1ccccc1CNCCC(=O)Nc1ccccc1Cl. The largest absolute Gasteiger partial charge is 0.496 e. The average molecular weight is 319 g/mol. The molecular formula is C17H19ClN2O2. The van der Waals surface area contributed by atoms with E-state index in [4.69, 9.17) is 16.3 Å². The van der Waals surface area contributed by atoms with Gasteiger partial charge in [-0.3, -0.25) is 4.79 Å². The fourth-order valence-corrected chi connectivity index (χ4v) is 2.23. The quantitative estimate of drug-likeness (QED) is 0.769. The summed E-state index contributed by atoms with van der Waals surface area (Å²) in [4.78, 5) is 11.9. The van der Waals surface area contributed by atoms with Crippen LogP contribution in [-0.4, -0.2) is 19.6 Å². The number of methoxy groups -OCH3 is 1. The fraction of sp³-hybridized carbons (Fsp3) is 0.235. The number of halogens is 1. The summed E-state index contributed by atoms with van der Waals surface area (Å²) in [5, 5.41) is 6.57. The molecule has 0 aliphatic heterocycles. The number of anilines is 1. The Balaban J connectivity index is 1.75. The van der Waals surface area contributed by atoms with Crippen molar-refractivity contribution in [2.24, 2.45) is 0 Å². The van der Waals surface area contributed by atoms with Crippen molar-refractivity contribution in [2.45, 2.75) is 13.0 Å². The maximum Gasteiger partial charge on any atom is 0.225 e. The lowest BCUT2D eigenvalue weighted by Crippen LogP contribution is -2.21. The Bertz CT molecular complexity index is 632. The second kappa shape index (κ2) is 8.41. The molecule has 0 saturated carbocycles. The Morgan fingerprint density at radius 2 is 1.86 bits per heavy atom. The Morgan fingerprint density at radius 1 is 1.14 bits per heavy atom. The van der Waals surface area contributed by atoms with Gasteiger partial charge in [0.2, 0.25) is 5.91 Å². The Morgan fingerprint density at radius 3 is 2.64 bits per heavy atom. The van der Waals surface area contributed by atoms with E-state index in [9.17, 15) is 4.79 Å². The van der Waals surface area contributed by atoms with E-state index >= 15 is 0 Å². The van der Waals surface area contributed by atoms with Crippen LogP contribution in [0.15, 0.2) is 48.5 Å². The highest BCUT2D eigenvalue weighted by atomic mass is 35.5. The van der Waals surface area contributed by atoms with Crippen molar-refractivity contribution in [3.05, 3.63) is 59.1 Å². The van der Waals surface area contributed by atoms with E-state index in [0.717, 1.165) is 11.3 Å². The second-order valence-corrected chi connectivity index (χ2v) is 5.17. The summed E-state index contributed by atoms with van der Waals surface area (Å²) in [6.45, 7) is 1.23. The van der Waals surface area contributed by atoms with E-state index in [2.05, 4.69) is 10.6 Å². The number of benzene rings is 2. The number of ether oxygens (including phenoxy) is 1. The molecule has 5 heteroatoms. The first kappa shape index (κ1) is 16.3. The monoisotopic (exact) mass is 318 g/mol. The average Bonchev–Trinajstić information content (AvgIpc) is 2.54. The minimum atomic E-state index is -0.0689. The van der Waals surface area contributed by atoms with E-state index in [-0.39, 0.29) is 5.91 Å². The number of carbonyl (C=O) groups is 1. The Kier molecular flexibility index (Phi) is 6.25. The lowest BCUT2D eigenvalue weighted by molar-refractivity contribution is -0.116. The van der Waals surface area contributed by atoms with Crippen LogP contribution in [0, 0.1) is 0 Å². The van der Waals surface area contributed by atoms with E-state index in [1.54, 1.807) is 19.2 Å². The highest BCUT2D eigenvalue weighted by Gasteiger charge is 2.05. The molecule has 0 aromatic heterocycles. The normalized spacial score (nSPS) is 10.3. The van der Waals surface area contributed by atoms with Crippen molar-refractivity contribution in [1.82, 2.24) is 5.32 Å². The summed E-state index contributed by atoms with van der Waals surface area (Å²) in [5.41, 5.74) is 1.70. The smallest absolute Gasteiger partial charge is 0.225 e. The highest BCUT2D eigenvalue weighted by molar-refractivity contribution is 6.33. The van der Waals surface area contributed by atoms with Crippen molar-refractivity contribution in [1.29, 1.82) is 0 Å². The summed E-state index contributed by atoms with van der Waals surface area (Å²) in [6.07, 6.45) is 0.375. The molecule has 0 bridgehead atoms. The Labute approximate surface area is 135 Å². The predicted molar refractivity (Wildman–Crippen MR) is 89.4 cm³/mol. The van der Waals surface area contributed by atoms with Gasteiger partial charge in [-0.1, -0.05) is 41.9 Å². The van der Waals surface area contributed by atoms with E-state index in [1.807, 2.05) is 36.4 Å². The number of para-hydroxylation sites is 2. The molecule has 0 saturated heterocycles. The van der Waals surface area contributed by atoms with Gasteiger partial charge < -0.3 is 15.4 Å². The number of amides is 1. The minimum Gasteiger partial charge on any atom is -0.496 e. The topological polar surface area (TPSA) is 50.4 Å². The molecule has 1 amide bonds. The van der Waals surface area contributed by atoms with Crippen LogP contribution in [0.4, 0.5) is 5.69 Å². The molecule has 2 aromatic rings. The lowest BCUT2D eigenvalue weighted by Gasteiger charge is -2.10. The summed E-state index contributed by atoms with van der Waals surface area (Å²) < 4.78 is 5.28.